The van der Waals surface area contributed by atoms with E-state index in [4.69, 9.17) is 38.0 Å². The standard InChI is InChI=1S/C53H82ClN11O17/c1-53(2,3)82-52(80)61-33(21-24-65(25-35(68)41(73)43(75)37(70)27-66)26-36(69)42(74)44(76)38(71)28-67)48(77)58-22-8-6-10-34(50(79)81-4)60-39(72)20-15-30-13-18-32(19-14-30)31-16-11-29(12-17-31)9-5-7-23-59-51(57)64-49(78)40-46(55)63-47(56)45(54)62-40/h11-14,16-19,33-38,41-44,66-71,73-76H,5-10,15,20-28H2,1-4H3,(H,58,77)(H,60,72)(H,61,80)(H4,55,56,63)(H3,57,59,64,78)/t33-,34-,35-,36-,37+,38+,41+,42+,43+,44+/m0/s1. The molecule has 0 aliphatic heterocycles. The van der Waals surface area contributed by atoms with Crippen molar-refractivity contribution >= 4 is 59.0 Å². The molecule has 0 fully saturated rings. The van der Waals surface area contributed by atoms with Gasteiger partial charge in [-0.15, -0.1) is 0 Å². The fourth-order valence-corrected chi connectivity index (χ4v) is 8.23. The van der Waals surface area contributed by atoms with E-state index in [0.29, 0.717) is 32.2 Å². The minimum Gasteiger partial charge on any atom is -0.467 e. The molecule has 0 aliphatic rings. The third-order valence-electron chi connectivity index (χ3n) is 12.8. The van der Waals surface area contributed by atoms with Gasteiger partial charge in [0.05, 0.1) is 32.5 Å². The zero-order valence-electron chi connectivity index (χ0n) is 46.4. The van der Waals surface area contributed by atoms with Crippen LogP contribution in [0, 0.1) is 5.41 Å². The number of benzene rings is 2. The molecule has 458 valence electrons. The van der Waals surface area contributed by atoms with Crippen molar-refractivity contribution in [3.8, 4) is 11.1 Å². The van der Waals surface area contributed by atoms with Gasteiger partial charge in [0, 0.05) is 39.1 Å². The summed E-state index contributed by atoms with van der Waals surface area (Å²) < 4.78 is 10.3. The highest BCUT2D eigenvalue weighted by atomic mass is 35.5. The summed E-state index contributed by atoms with van der Waals surface area (Å²) in [7, 11) is 1.19. The summed E-state index contributed by atoms with van der Waals surface area (Å²) in [5.74, 6) is -3.09. The lowest BCUT2D eigenvalue weighted by atomic mass is 9.99. The Bertz CT molecular complexity index is 2470. The number of carbonyl (C=O) groups is 5. The zero-order chi connectivity index (χ0) is 61.3. The van der Waals surface area contributed by atoms with E-state index in [-0.39, 0.29) is 60.8 Å². The lowest BCUT2D eigenvalue weighted by Gasteiger charge is -2.34. The Morgan fingerprint density at radius 1 is 0.671 bits per heavy atom. The Balaban J connectivity index is 1.51. The number of aromatic nitrogens is 2. The van der Waals surface area contributed by atoms with E-state index in [0.717, 1.165) is 35.1 Å². The van der Waals surface area contributed by atoms with E-state index in [1.807, 2.05) is 48.5 Å². The number of guanidine groups is 1. The predicted molar refractivity (Wildman–Crippen MR) is 299 cm³/mol. The summed E-state index contributed by atoms with van der Waals surface area (Å²) in [6.45, 7) is 1.76. The molecule has 1 aromatic heterocycles. The van der Waals surface area contributed by atoms with Crippen molar-refractivity contribution in [3.05, 3.63) is 70.5 Å². The van der Waals surface area contributed by atoms with E-state index < -0.39 is 123 Å². The molecule has 82 heavy (non-hydrogen) atoms. The Morgan fingerprint density at radius 2 is 1.18 bits per heavy atom. The van der Waals surface area contributed by atoms with Crippen molar-refractivity contribution < 1.29 is 84.5 Å². The lowest BCUT2D eigenvalue weighted by molar-refractivity contribution is -0.145. The van der Waals surface area contributed by atoms with Crippen LogP contribution in [0.2, 0.25) is 5.15 Å². The number of nitrogen functional groups attached to an aromatic ring is 2. The number of aliphatic hydroxyl groups is 10. The second-order valence-electron chi connectivity index (χ2n) is 20.5. The molecule has 1 heterocycles. The first kappa shape index (κ1) is 69.9. The highest BCUT2D eigenvalue weighted by molar-refractivity contribution is 6.31. The largest absolute Gasteiger partial charge is 0.467 e. The molecule has 4 amide bonds. The highest BCUT2D eigenvalue weighted by Crippen LogP contribution is 2.22. The number of aryl methyl sites for hydroxylation is 2. The van der Waals surface area contributed by atoms with Crippen LogP contribution in [0.3, 0.4) is 0 Å². The van der Waals surface area contributed by atoms with Gasteiger partial charge in [0.2, 0.25) is 11.8 Å². The molecule has 0 saturated carbocycles. The molecule has 28 nitrogen and oxygen atoms in total. The number of esters is 1. The number of alkyl carbamates (subject to hydrolysis) is 1. The average Bonchev–Trinajstić information content (AvgIpc) is 3.48. The average molecular weight is 1180 g/mol. The number of amides is 4. The molecule has 0 bridgehead atoms. The van der Waals surface area contributed by atoms with Gasteiger partial charge in [-0.2, -0.15) is 0 Å². The molecule has 3 rings (SSSR count). The second-order valence-corrected chi connectivity index (χ2v) is 20.9. The summed E-state index contributed by atoms with van der Waals surface area (Å²) in [4.78, 5) is 73.6. The molecular formula is C53H82ClN11O17. The number of carbonyl (C=O) groups excluding carboxylic acids is 5. The first-order valence-electron chi connectivity index (χ1n) is 26.6. The smallest absolute Gasteiger partial charge is 0.408 e. The van der Waals surface area contributed by atoms with Gasteiger partial charge in [-0.1, -0.05) is 60.1 Å². The minimum absolute atomic E-state index is 0.0260. The number of nitrogens with two attached hydrogens (primary N) is 2. The number of hydrogen-bond donors (Lipinski definition) is 18. The van der Waals surface area contributed by atoms with Crippen LogP contribution in [-0.4, -0.2) is 221 Å². The van der Waals surface area contributed by atoms with E-state index in [1.165, 1.54) is 12.0 Å². The fourth-order valence-electron chi connectivity index (χ4n) is 8.10. The third-order valence-corrected chi connectivity index (χ3v) is 13.0. The fraction of sp³-hybridized carbons (Fsp3) is 0.585. The molecule has 2 aromatic carbocycles. The number of aliphatic hydroxyl groups excluding tert-OH is 10. The summed E-state index contributed by atoms with van der Waals surface area (Å²) >= 11 is 5.84. The first-order valence-corrected chi connectivity index (χ1v) is 27.0. The van der Waals surface area contributed by atoms with Crippen molar-refractivity contribution in [1.82, 2.24) is 41.5 Å². The van der Waals surface area contributed by atoms with Crippen LogP contribution in [-0.2, 0) is 36.7 Å². The molecule has 0 saturated heterocycles. The van der Waals surface area contributed by atoms with Gasteiger partial charge < -0.3 is 93.3 Å². The third kappa shape index (κ3) is 24.2. The van der Waals surface area contributed by atoms with E-state index in [2.05, 4.69) is 36.6 Å². The Kier molecular flexibility index (Phi) is 29.7. The van der Waals surface area contributed by atoms with Crippen LogP contribution in [0.4, 0.5) is 16.4 Å². The number of hydrogen-bond acceptors (Lipinski definition) is 23. The number of unbranched alkanes of at least 4 members (excludes halogenated alkanes) is 2. The van der Waals surface area contributed by atoms with Crippen LogP contribution in [0.15, 0.2) is 48.5 Å². The van der Waals surface area contributed by atoms with Gasteiger partial charge in [0.1, 0.15) is 54.3 Å². The van der Waals surface area contributed by atoms with E-state index in [1.54, 1.807) is 20.8 Å². The topological polar surface area (TPSA) is 471 Å². The molecule has 29 heteroatoms. The number of halogens is 1. The number of anilines is 2. The maximum Gasteiger partial charge on any atom is 0.408 e. The summed E-state index contributed by atoms with van der Waals surface area (Å²) in [5.41, 5.74) is 14.0. The number of nitrogens with zero attached hydrogens (tertiary/aromatic N) is 3. The normalized spacial score (nSPS) is 15.3. The van der Waals surface area contributed by atoms with Crippen molar-refractivity contribution in [2.75, 3.05) is 64.5 Å². The van der Waals surface area contributed by atoms with Crippen LogP contribution in [0.25, 0.3) is 11.1 Å². The zero-order valence-corrected chi connectivity index (χ0v) is 47.2. The van der Waals surface area contributed by atoms with Gasteiger partial charge >= 0.3 is 12.1 Å². The summed E-state index contributed by atoms with van der Waals surface area (Å²) in [6.07, 6.45) is -13.4. The van der Waals surface area contributed by atoms with Crippen LogP contribution in [0.1, 0.15) is 87.3 Å². The second kappa shape index (κ2) is 34.9. The first-order chi connectivity index (χ1) is 38.7. The summed E-state index contributed by atoms with van der Waals surface area (Å²) in [6, 6.07) is 13.5. The molecule has 0 unspecified atom stereocenters. The monoisotopic (exact) mass is 1180 g/mol. The van der Waals surface area contributed by atoms with Gasteiger partial charge in [-0.05, 0) is 94.4 Å². The SMILES string of the molecule is COC(=O)[C@H](CCCCNC(=O)[C@H](CCN(C[C@H](O)[C@@H](O)[C@H](O)[C@H](O)CO)C[C@H](O)[C@@H](O)[C@H](O)[C@H](O)CO)NC(=O)OC(C)(C)C)NC(=O)CCc1ccc(-c2ccc(CCCCNC(=N)NC(=O)c3nc(Cl)c(N)nc3N)cc2)cc1. The van der Waals surface area contributed by atoms with E-state index in [9.17, 15) is 75.0 Å². The number of ether oxygens (including phenoxy) is 2. The van der Waals surface area contributed by atoms with Crippen LogP contribution < -0.4 is 38.1 Å². The molecule has 0 aliphatic carbocycles. The van der Waals surface area contributed by atoms with Gasteiger partial charge in [-0.25, -0.2) is 19.6 Å². The maximum absolute atomic E-state index is 13.6. The Morgan fingerprint density at radius 3 is 1.71 bits per heavy atom. The number of nitrogens with one attached hydrogen (secondary N) is 6. The van der Waals surface area contributed by atoms with E-state index >= 15 is 0 Å². The maximum atomic E-state index is 13.6. The number of methoxy groups -OCH3 is 1. The highest BCUT2D eigenvalue weighted by Gasteiger charge is 2.35. The molecule has 10 atom stereocenters. The van der Waals surface area contributed by atoms with Crippen molar-refractivity contribution in [2.24, 2.45) is 0 Å². The number of rotatable bonds is 34. The van der Waals surface area contributed by atoms with Gasteiger partial charge in [0.15, 0.2) is 28.4 Å². The van der Waals surface area contributed by atoms with Crippen molar-refractivity contribution in [1.29, 1.82) is 5.41 Å². The van der Waals surface area contributed by atoms with Crippen LogP contribution in [0.5, 0.6) is 0 Å². The Hall–Kier alpha value is -6.41. The van der Waals surface area contributed by atoms with Crippen molar-refractivity contribution in [3.63, 3.8) is 0 Å². The quantitative estimate of drug-likeness (QED) is 0.0128. The molecule has 3 aromatic rings. The molecule has 0 spiro atoms. The van der Waals surface area contributed by atoms with Crippen molar-refractivity contribution in [2.45, 2.75) is 145 Å². The predicted octanol–water partition coefficient (Wildman–Crippen LogP) is -2.43. The minimum atomic E-state index is -2.05. The molecule has 0 radical (unpaired) electrons. The van der Waals surface area contributed by atoms with Gasteiger partial charge in [-0.3, -0.25) is 30.0 Å². The van der Waals surface area contributed by atoms with Gasteiger partial charge in [0.25, 0.3) is 5.91 Å². The molecule has 20 N–H and O–H groups in total. The van der Waals surface area contributed by atoms with Crippen LogP contribution >= 0.6 is 11.6 Å². The lowest BCUT2D eigenvalue weighted by Crippen LogP contribution is -2.54. The Labute approximate surface area is 480 Å². The summed E-state index contributed by atoms with van der Waals surface area (Å²) in [5, 5.41) is 122. The molecular weight excluding hydrogens is 1100 g/mol.